The fourth-order valence-corrected chi connectivity index (χ4v) is 2.75. The van der Waals surface area contributed by atoms with Crippen molar-refractivity contribution in [3.05, 3.63) is 0 Å². The van der Waals surface area contributed by atoms with Crippen LogP contribution in [-0.4, -0.2) is 48.3 Å². The van der Waals surface area contributed by atoms with Crippen LogP contribution in [0.1, 0.15) is 6.92 Å². The number of halogens is 3. The first-order chi connectivity index (χ1) is 7.06. The van der Waals surface area contributed by atoms with Gasteiger partial charge in [0, 0.05) is 13.1 Å². The van der Waals surface area contributed by atoms with Gasteiger partial charge in [-0.25, -0.2) is 8.42 Å². The molecule has 0 amide bonds. The van der Waals surface area contributed by atoms with Crippen LogP contribution in [0.25, 0.3) is 0 Å². The number of rotatable bonds is 3. The first-order valence-corrected chi connectivity index (χ1v) is 5.85. The van der Waals surface area contributed by atoms with Crippen LogP contribution < -0.4 is 0 Å². The van der Waals surface area contributed by atoms with Gasteiger partial charge in [-0.3, -0.25) is 4.79 Å². The van der Waals surface area contributed by atoms with Crippen LogP contribution in [0.5, 0.6) is 0 Å². The summed E-state index contributed by atoms with van der Waals surface area (Å²) in [5, 5.41) is 5.97. The minimum atomic E-state index is -4.84. The highest BCUT2D eigenvalue weighted by molar-refractivity contribution is 7.89. The number of sulfonamides is 1. The number of hydrogen-bond acceptors (Lipinski definition) is 3. The van der Waals surface area contributed by atoms with Gasteiger partial charge in [-0.15, -0.1) is 0 Å². The fraction of sp³-hybridized carbons (Fsp3) is 0.857. The smallest absolute Gasteiger partial charge is 0.406 e. The number of carboxylic acids is 1. The average Bonchev–Trinajstić information content (AvgIpc) is 1.96. The van der Waals surface area contributed by atoms with Crippen molar-refractivity contribution in [1.82, 2.24) is 4.31 Å². The highest BCUT2D eigenvalue weighted by Gasteiger charge is 2.51. The highest BCUT2D eigenvalue weighted by Crippen LogP contribution is 2.31. The van der Waals surface area contributed by atoms with Crippen LogP contribution in [0.3, 0.4) is 0 Å². The first-order valence-electron chi connectivity index (χ1n) is 4.35. The Bertz CT molecular complexity index is 385. The Balaban J connectivity index is 2.72. The molecule has 1 aliphatic heterocycles. The highest BCUT2D eigenvalue weighted by atomic mass is 32.2. The minimum Gasteiger partial charge on any atom is -0.481 e. The van der Waals surface area contributed by atoms with E-state index in [1.807, 2.05) is 0 Å². The zero-order valence-corrected chi connectivity index (χ0v) is 9.05. The molecule has 0 aromatic carbocycles. The van der Waals surface area contributed by atoms with E-state index in [1.165, 1.54) is 0 Å². The van der Waals surface area contributed by atoms with Crippen LogP contribution >= 0.6 is 0 Å². The quantitative estimate of drug-likeness (QED) is 0.792. The third-order valence-electron chi connectivity index (χ3n) is 2.46. The number of carbonyl (C=O) groups is 1. The summed E-state index contributed by atoms with van der Waals surface area (Å²) in [5.74, 6) is -2.11. The summed E-state index contributed by atoms with van der Waals surface area (Å²) >= 11 is 0. The van der Waals surface area contributed by atoms with Gasteiger partial charge in [-0.05, 0) is 6.92 Å². The number of carboxylic acid groups (broad SMARTS) is 1. The molecule has 1 aliphatic rings. The lowest BCUT2D eigenvalue weighted by Gasteiger charge is -2.37. The molecule has 0 saturated carbocycles. The van der Waals surface area contributed by atoms with E-state index in [4.69, 9.17) is 5.11 Å². The Morgan fingerprint density at radius 1 is 1.44 bits per heavy atom. The molecular weight excluding hydrogens is 251 g/mol. The minimum absolute atomic E-state index is 0.391. The number of aliphatic carboxylic acids is 1. The second-order valence-electron chi connectivity index (χ2n) is 3.58. The average molecular weight is 261 g/mol. The van der Waals surface area contributed by atoms with Crippen molar-refractivity contribution < 1.29 is 31.5 Å². The predicted octanol–water partition coefficient (Wildman–Crippen LogP) is 0.283. The number of hydrogen-bond donors (Lipinski definition) is 1. The second-order valence-corrected chi connectivity index (χ2v) is 5.83. The molecule has 1 heterocycles. The molecule has 1 atom stereocenters. The lowest BCUT2D eigenvalue weighted by molar-refractivity contribution is -0.145. The molecule has 0 aliphatic carbocycles. The molecule has 1 fully saturated rings. The van der Waals surface area contributed by atoms with Gasteiger partial charge < -0.3 is 5.11 Å². The van der Waals surface area contributed by atoms with E-state index < -0.39 is 46.4 Å². The molecule has 1 saturated heterocycles. The molecule has 5 nitrogen and oxygen atoms in total. The van der Waals surface area contributed by atoms with Crippen LogP contribution in [0.4, 0.5) is 13.2 Å². The van der Waals surface area contributed by atoms with E-state index in [2.05, 4.69) is 0 Å². The van der Waals surface area contributed by atoms with E-state index in [-0.39, 0.29) is 0 Å². The molecule has 94 valence electrons. The Hall–Kier alpha value is -0.830. The van der Waals surface area contributed by atoms with E-state index in [1.54, 1.807) is 0 Å². The zero-order valence-electron chi connectivity index (χ0n) is 8.23. The summed E-state index contributed by atoms with van der Waals surface area (Å²) in [5.41, 5.74) is 0. The van der Waals surface area contributed by atoms with Gasteiger partial charge in [0.25, 0.3) is 0 Å². The van der Waals surface area contributed by atoms with Crippen LogP contribution in [-0.2, 0) is 14.8 Å². The first kappa shape index (κ1) is 13.2. The van der Waals surface area contributed by atoms with Crippen molar-refractivity contribution in [1.29, 1.82) is 0 Å². The van der Waals surface area contributed by atoms with Crippen molar-refractivity contribution in [3.8, 4) is 0 Å². The topological polar surface area (TPSA) is 74.7 Å². The van der Waals surface area contributed by atoms with Crippen molar-refractivity contribution in [2.45, 2.75) is 18.3 Å². The maximum atomic E-state index is 12.2. The molecule has 9 heteroatoms. The largest absolute Gasteiger partial charge is 0.481 e. The summed E-state index contributed by atoms with van der Waals surface area (Å²) in [6, 6.07) is 0. The molecule has 16 heavy (non-hydrogen) atoms. The zero-order chi connectivity index (χ0) is 12.7. The Kier molecular flexibility index (Phi) is 3.21. The molecule has 1 N–H and O–H groups in total. The summed E-state index contributed by atoms with van der Waals surface area (Å²) in [6.45, 7) is -0.237. The van der Waals surface area contributed by atoms with Gasteiger partial charge in [-0.2, -0.15) is 17.5 Å². The van der Waals surface area contributed by atoms with Gasteiger partial charge in [0.15, 0.2) is 5.25 Å². The van der Waals surface area contributed by atoms with E-state index in [9.17, 15) is 26.4 Å². The van der Waals surface area contributed by atoms with Crippen molar-refractivity contribution in [2.24, 2.45) is 5.92 Å². The Labute approximate surface area is 89.9 Å². The maximum absolute atomic E-state index is 12.2. The molecule has 1 rings (SSSR count). The SMILES string of the molecule is CC(C(F)(F)F)S(=O)(=O)N1CC(C(=O)O)C1. The third-order valence-corrected chi connectivity index (χ3v) is 4.64. The standard InChI is InChI=1S/C7H10F3NO4S/c1-4(7(8,9)10)16(14,15)11-2-5(3-11)6(12)13/h4-5H,2-3H2,1H3,(H,12,13). The molecule has 1 unspecified atom stereocenters. The lowest BCUT2D eigenvalue weighted by Crippen LogP contribution is -2.57. The lowest BCUT2D eigenvalue weighted by atomic mass is 10.0. The van der Waals surface area contributed by atoms with Crippen LogP contribution in [0, 0.1) is 5.92 Å². The molecule has 0 spiro atoms. The molecule has 0 aromatic rings. The van der Waals surface area contributed by atoms with E-state index in [0.29, 0.717) is 11.2 Å². The monoisotopic (exact) mass is 261 g/mol. The number of alkyl halides is 3. The summed E-state index contributed by atoms with van der Waals surface area (Å²) in [7, 11) is -4.48. The van der Waals surface area contributed by atoms with E-state index in [0.717, 1.165) is 0 Å². The second kappa shape index (κ2) is 3.88. The normalized spacial score (nSPS) is 21.5. The van der Waals surface area contributed by atoms with Gasteiger partial charge >= 0.3 is 12.1 Å². The van der Waals surface area contributed by atoms with Crippen molar-refractivity contribution >= 4 is 16.0 Å². The van der Waals surface area contributed by atoms with Gasteiger partial charge in [0.05, 0.1) is 5.92 Å². The summed E-state index contributed by atoms with van der Waals surface area (Å²) in [4.78, 5) is 10.4. The van der Waals surface area contributed by atoms with Gasteiger partial charge in [-0.1, -0.05) is 0 Å². The number of nitrogens with zero attached hydrogens (tertiary/aromatic N) is 1. The Morgan fingerprint density at radius 3 is 2.19 bits per heavy atom. The maximum Gasteiger partial charge on any atom is 0.406 e. The fourth-order valence-electron chi connectivity index (χ4n) is 1.19. The summed E-state index contributed by atoms with van der Waals surface area (Å²) < 4.78 is 59.8. The molecule has 0 aromatic heterocycles. The molecule has 0 radical (unpaired) electrons. The predicted molar refractivity (Wildman–Crippen MR) is 47.1 cm³/mol. The van der Waals surface area contributed by atoms with Crippen molar-refractivity contribution in [2.75, 3.05) is 13.1 Å². The van der Waals surface area contributed by atoms with Crippen molar-refractivity contribution in [3.63, 3.8) is 0 Å². The van der Waals surface area contributed by atoms with Crippen LogP contribution in [0.2, 0.25) is 0 Å². The summed E-state index contributed by atoms with van der Waals surface area (Å²) in [6.07, 6.45) is -4.84. The Morgan fingerprint density at radius 2 is 1.88 bits per heavy atom. The van der Waals surface area contributed by atoms with Gasteiger partial charge in [0.2, 0.25) is 10.0 Å². The van der Waals surface area contributed by atoms with Gasteiger partial charge in [0.1, 0.15) is 0 Å². The van der Waals surface area contributed by atoms with E-state index >= 15 is 0 Å². The molecule has 0 bridgehead atoms. The molecular formula is C7H10F3NO4S. The third kappa shape index (κ3) is 2.29. The van der Waals surface area contributed by atoms with Crippen LogP contribution in [0.15, 0.2) is 0 Å².